The van der Waals surface area contributed by atoms with E-state index in [0.29, 0.717) is 12.6 Å². The Labute approximate surface area is 109 Å². The fourth-order valence-corrected chi connectivity index (χ4v) is 2.06. The maximum absolute atomic E-state index is 5.55. The molecule has 0 amide bonds. The van der Waals surface area contributed by atoms with Crippen LogP contribution in [0.2, 0.25) is 0 Å². The highest BCUT2D eigenvalue weighted by molar-refractivity contribution is 5.24. The highest BCUT2D eigenvalue weighted by Crippen LogP contribution is 2.21. The molecule has 1 heterocycles. The van der Waals surface area contributed by atoms with Gasteiger partial charge in [0.2, 0.25) is 0 Å². The molecule has 1 saturated carbocycles. The summed E-state index contributed by atoms with van der Waals surface area (Å²) in [7, 11) is 0. The molecule has 0 bridgehead atoms. The van der Waals surface area contributed by atoms with Crippen molar-refractivity contribution in [2.24, 2.45) is 0 Å². The van der Waals surface area contributed by atoms with E-state index < -0.39 is 0 Å². The number of nitrogens with zero attached hydrogens (tertiary/aromatic N) is 2. The van der Waals surface area contributed by atoms with Gasteiger partial charge in [0, 0.05) is 36.1 Å². The SMILES string of the molecule is CCOC(C)c1nc(C)c(CNC2CC2)c(C)n1. The zero-order valence-electron chi connectivity index (χ0n) is 11.8. The van der Waals surface area contributed by atoms with E-state index in [4.69, 9.17) is 4.74 Å². The molecule has 1 N–H and O–H groups in total. The molecule has 0 radical (unpaired) electrons. The minimum Gasteiger partial charge on any atom is -0.371 e. The van der Waals surface area contributed by atoms with Gasteiger partial charge >= 0.3 is 0 Å². The molecule has 1 aliphatic rings. The molecule has 18 heavy (non-hydrogen) atoms. The van der Waals surface area contributed by atoms with Crippen molar-refractivity contribution in [1.29, 1.82) is 0 Å². The average molecular weight is 249 g/mol. The summed E-state index contributed by atoms with van der Waals surface area (Å²) in [6.45, 7) is 9.67. The fourth-order valence-electron chi connectivity index (χ4n) is 2.06. The van der Waals surface area contributed by atoms with Crippen LogP contribution in [0.4, 0.5) is 0 Å². The van der Waals surface area contributed by atoms with Gasteiger partial charge in [-0.15, -0.1) is 0 Å². The van der Waals surface area contributed by atoms with Crippen molar-refractivity contribution in [3.05, 3.63) is 22.8 Å². The van der Waals surface area contributed by atoms with Crippen molar-refractivity contribution >= 4 is 0 Å². The molecule has 1 fully saturated rings. The van der Waals surface area contributed by atoms with Gasteiger partial charge in [0.05, 0.1) is 0 Å². The molecule has 4 heteroatoms. The largest absolute Gasteiger partial charge is 0.371 e. The Balaban J connectivity index is 2.11. The number of rotatable bonds is 6. The maximum atomic E-state index is 5.55. The van der Waals surface area contributed by atoms with Crippen LogP contribution in [0, 0.1) is 13.8 Å². The van der Waals surface area contributed by atoms with Crippen molar-refractivity contribution in [2.45, 2.75) is 59.2 Å². The Hall–Kier alpha value is -1.00. The van der Waals surface area contributed by atoms with Crippen LogP contribution in [0.25, 0.3) is 0 Å². The molecule has 100 valence electrons. The van der Waals surface area contributed by atoms with Gasteiger partial charge in [-0.2, -0.15) is 0 Å². The summed E-state index contributed by atoms with van der Waals surface area (Å²) < 4.78 is 5.55. The molecule has 1 aliphatic carbocycles. The third kappa shape index (κ3) is 3.27. The van der Waals surface area contributed by atoms with Gasteiger partial charge in [0.25, 0.3) is 0 Å². The monoisotopic (exact) mass is 249 g/mol. The molecule has 0 aliphatic heterocycles. The van der Waals surface area contributed by atoms with Crippen molar-refractivity contribution in [2.75, 3.05) is 6.61 Å². The van der Waals surface area contributed by atoms with E-state index in [0.717, 1.165) is 23.8 Å². The van der Waals surface area contributed by atoms with Gasteiger partial charge < -0.3 is 10.1 Å². The molecule has 1 atom stereocenters. The second-order valence-electron chi connectivity index (χ2n) is 4.98. The van der Waals surface area contributed by atoms with E-state index >= 15 is 0 Å². The Morgan fingerprint density at radius 1 is 1.28 bits per heavy atom. The molecular formula is C14H23N3O. The second kappa shape index (κ2) is 5.76. The Morgan fingerprint density at radius 3 is 2.39 bits per heavy atom. The molecule has 0 spiro atoms. The molecule has 1 unspecified atom stereocenters. The van der Waals surface area contributed by atoms with E-state index in [-0.39, 0.29) is 6.10 Å². The number of ether oxygens (including phenoxy) is 1. The van der Waals surface area contributed by atoms with Crippen LogP contribution in [0.5, 0.6) is 0 Å². The summed E-state index contributed by atoms with van der Waals surface area (Å²) >= 11 is 0. The van der Waals surface area contributed by atoms with Gasteiger partial charge in [-0.25, -0.2) is 9.97 Å². The van der Waals surface area contributed by atoms with Gasteiger partial charge in [-0.1, -0.05) is 0 Å². The van der Waals surface area contributed by atoms with E-state index in [1.807, 2.05) is 13.8 Å². The fraction of sp³-hybridized carbons (Fsp3) is 0.714. The van der Waals surface area contributed by atoms with Gasteiger partial charge in [-0.3, -0.25) is 0 Å². The van der Waals surface area contributed by atoms with Crippen molar-refractivity contribution in [3.8, 4) is 0 Å². The minimum absolute atomic E-state index is 0.0298. The molecule has 0 aromatic carbocycles. The molecular weight excluding hydrogens is 226 g/mol. The first-order valence-electron chi connectivity index (χ1n) is 6.80. The highest BCUT2D eigenvalue weighted by Gasteiger charge is 2.21. The zero-order valence-corrected chi connectivity index (χ0v) is 11.8. The lowest BCUT2D eigenvalue weighted by Crippen LogP contribution is -2.19. The third-order valence-corrected chi connectivity index (χ3v) is 3.36. The first-order chi connectivity index (χ1) is 8.61. The van der Waals surface area contributed by atoms with Crippen LogP contribution >= 0.6 is 0 Å². The van der Waals surface area contributed by atoms with Gasteiger partial charge in [0.1, 0.15) is 6.10 Å². The number of hydrogen-bond acceptors (Lipinski definition) is 4. The lowest BCUT2D eigenvalue weighted by atomic mass is 10.1. The van der Waals surface area contributed by atoms with Crippen LogP contribution in [0.1, 0.15) is 55.6 Å². The molecule has 1 aromatic rings. The van der Waals surface area contributed by atoms with E-state index in [1.54, 1.807) is 0 Å². The summed E-state index contributed by atoms with van der Waals surface area (Å²) in [5, 5.41) is 3.52. The van der Waals surface area contributed by atoms with Crippen molar-refractivity contribution < 1.29 is 4.74 Å². The molecule has 0 saturated heterocycles. The number of aryl methyl sites for hydroxylation is 2. The highest BCUT2D eigenvalue weighted by atomic mass is 16.5. The topological polar surface area (TPSA) is 47.0 Å². The summed E-state index contributed by atoms with van der Waals surface area (Å²) in [6, 6.07) is 0.714. The first kappa shape index (κ1) is 13.4. The van der Waals surface area contributed by atoms with Crippen LogP contribution in [-0.2, 0) is 11.3 Å². The van der Waals surface area contributed by atoms with Crippen LogP contribution in [0.3, 0.4) is 0 Å². The zero-order chi connectivity index (χ0) is 13.1. The van der Waals surface area contributed by atoms with E-state index in [2.05, 4.69) is 29.1 Å². The van der Waals surface area contributed by atoms with Crippen LogP contribution in [-0.4, -0.2) is 22.6 Å². The van der Waals surface area contributed by atoms with Crippen molar-refractivity contribution in [1.82, 2.24) is 15.3 Å². The predicted octanol–water partition coefficient (Wildman–Crippen LogP) is 2.44. The summed E-state index contributed by atoms with van der Waals surface area (Å²) in [5.74, 6) is 0.794. The Bertz CT molecular complexity index is 392. The predicted molar refractivity (Wildman–Crippen MR) is 71.4 cm³/mol. The Morgan fingerprint density at radius 2 is 1.89 bits per heavy atom. The molecule has 4 nitrogen and oxygen atoms in total. The number of nitrogens with one attached hydrogen (secondary N) is 1. The van der Waals surface area contributed by atoms with Crippen molar-refractivity contribution in [3.63, 3.8) is 0 Å². The lowest BCUT2D eigenvalue weighted by Gasteiger charge is -2.15. The second-order valence-corrected chi connectivity index (χ2v) is 4.98. The maximum Gasteiger partial charge on any atom is 0.157 e. The van der Waals surface area contributed by atoms with Crippen LogP contribution in [0.15, 0.2) is 0 Å². The lowest BCUT2D eigenvalue weighted by molar-refractivity contribution is 0.0697. The normalized spacial score (nSPS) is 16.9. The third-order valence-electron chi connectivity index (χ3n) is 3.36. The number of aromatic nitrogens is 2. The van der Waals surface area contributed by atoms with Crippen LogP contribution < -0.4 is 5.32 Å². The molecule has 1 aromatic heterocycles. The number of hydrogen-bond donors (Lipinski definition) is 1. The van der Waals surface area contributed by atoms with Gasteiger partial charge in [-0.05, 0) is 40.5 Å². The summed E-state index contributed by atoms with van der Waals surface area (Å²) in [5.41, 5.74) is 3.36. The molecule has 2 rings (SSSR count). The standard InChI is InChI=1S/C14H23N3O/c1-5-18-11(4)14-16-9(2)13(10(3)17-14)8-15-12-6-7-12/h11-12,15H,5-8H2,1-4H3. The quantitative estimate of drug-likeness (QED) is 0.841. The van der Waals surface area contributed by atoms with E-state index in [9.17, 15) is 0 Å². The van der Waals surface area contributed by atoms with E-state index in [1.165, 1.54) is 18.4 Å². The summed E-state index contributed by atoms with van der Waals surface area (Å²) in [4.78, 5) is 9.15. The smallest absolute Gasteiger partial charge is 0.157 e. The first-order valence-corrected chi connectivity index (χ1v) is 6.80. The summed E-state index contributed by atoms with van der Waals surface area (Å²) in [6.07, 6.45) is 2.58. The van der Waals surface area contributed by atoms with Gasteiger partial charge in [0.15, 0.2) is 5.82 Å². The minimum atomic E-state index is -0.0298. The average Bonchev–Trinajstić information content (AvgIpc) is 3.12. The Kier molecular flexibility index (Phi) is 4.30.